The third-order valence-corrected chi connectivity index (χ3v) is 4.59. The molecule has 1 saturated heterocycles. The Morgan fingerprint density at radius 1 is 1.29 bits per heavy atom. The van der Waals surface area contributed by atoms with Crippen LogP contribution in [0.1, 0.15) is 32.6 Å². The van der Waals surface area contributed by atoms with Gasteiger partial charge in [0.25, 0.3) is 0 Å². The zero-order chi connectivity index (χ0) is 12.0. The molecular formula is C15H20O2. The lowest BCUT2D eigenvalue weighted by Crippen LogP contribution is -2.42. The van der Waals surface area contributed by atoms with Gasteiger partial charge in [0.15, 0.2) is 0 Å². The van der Waals surface area contributed by atoms with E-state index in [0.717, 1.165) is 12.4 Å². The van der Waals surface area contributed by atoms with Gasteiger partial charge in [0.2, 0.25) is 0 Å². The summed E-state index contributed by atoms with van der Waals surface area (Å²) in [6, 6.07) is 3.98. The first-order chi connectivity index (χ1) is 8.18. The van der Waals surface area contributed by atoms with E-state index in [0.29, 0.717) is 23.7 Å². The van der Waals surface area contributed by atoms with Crippen molar-refractivity contribution in [2.75, 3.05) is 6.61 Å². The lowest BCUT2D eigenvalue weighted by Gasteiger charge is -2.46. The molecule has 2 aliphatic rings. The molecule has 1 aromatic rings. The van der Waals surface area contributed by atoms with Crippen molar-refractivity contribution in [3.05, 3.63) is 35.8 Å². The van der Waals surface area contributed by atoms with E-state index in [1.807, 2.05) is 12.1 Å². The van der Waals surface area contributed by atoms with Crippen LogP contribution in [0.3, 0.4) is 0 Å². The molecule has 2 heteroatoms. The fourth-order valence-electron chi connectivity index (χ4n) is 3.66. The fraction of sp³-hybridized carbons (Fsp3) is 0.600. The maximum absolute atomic E-state index is 6.07. The maximum Gasteiger partial charge on any atom is 0.133 e. The van der Waals surface area contributed by atoms with Crippen molar-refractivity contribution in [1.82, 2.24) is 0 Å². The smallest absolute Gasteiger partial charge is 0.133 e. The van der Waals surface area contributed by atoms with Gasteiger partial charge in [-0.25, -0.2) is 0 Å². The Morgan fingerprint density at radius 3 is 2.82 bits per heavy atom. The highest BCUT2D eigenvalue weighted by atomic mass is 16.5. The molecule has 1 aromatic heterocycles. The molecule has 0 spiro atoms. The zero-order valence-electron chi connectivity index (χ0n) is 10.7. The van der Waals surface area contributed by atoms with Gasteiger partial charge in [-0.05, 0) is 36.8 Å². The van der Waals surface area contributed by atoms with E-state index in [1.54, 1.807) is 6.26 Å². The molecular weight excluding hydrogens is 212 g/mol. The van der Waals surface area contributed by atoms with E-state index in [9.17, 15) is 0 Å². The molecule has 92 valence electrons. The molecule has 0 radical (unpaired) electrons. The Hall–Kier alpha value is -1.02. The highest BCUT2D eigenvalue weighted by molar-refractivity contribution is 5.20. The van der Waals surface area contributed by atoms with Gasteiger partial charge in [0, 0.05) is 5.92 Å². The monoisotopic (exact) mass is 232 g/mol. The first-order valence-corrected chi connectivity index (χ1v) is 6.52. The highest BCUT2D eigenvalue weighted by Gasteiger charge is 2.44. The van der Waals surface area contributed by atoms with Crippen LogP contribution in [0.2, 0.25) is 0 Å². The van der Waals surface area contributed by atoms with Gasteiger partial charge >= 0.3 is 0 Å². The van der Waals surface area contributed by atoms with Gasteiger partial charge in [0.05, 0.1) is 12.9 Å². The molecule has 17 heavy (non-hydrogen) atoms. The molecule has 0 aromatic carbocycles. The van der Waals surface area contributed by atoms with Crippen LogP contribution in [0.5, 0.6) is 0 Å². The Bertz CT molecular complexity index is 418. The third-order valence-electron chi connectivity index (χ3n) is 4.59. The quantitative estimate of drug-likeness (QED) is 0.687. The van der Waals surface area contributed by atoms with Crippen molar-refractivity contribution in [2.24, 2.45) is 23.7 Å². The predicted molar refractivity (Wildman–Crippen MR) is 66.5 cm³/mol. The van der Waals surface area contributed by atoms with Crippen molar-refractivity contribution in [3.63, 3.8) is 0 Å². The van der Waals surface area contributed by atoms with Gasteiger partial charge in [-0.3, -0.25) is 0 Å². The molecule has 0 saturated carbocycles. The minimum Gasteiger partial charge on any atom is -0.467 e. The van der Waals surface area contributed by atoms with Gasteiger partial charge < -0.3 is 9.15 Å². The van der Waals surface area contributed by atoms with Gasteiger partial charge in [0.1, 0.15) is 11.9 Å². The summed E-state index contributed by atoms with van der Waals surface area (Å²) >= 11 is 0. The van der Waals surface area contributed by atoms with Gasteiger partial charge in [-0.1, -0.05) is 25.5 Å². The van der Waals surface area contributed by atoms with Crippen molar-refractivity contribution in [3.8, 4) is 0 Å². The van der Waals surface area contributed by atoms with Crippen molar-refractivity contribution < 1.29 is 9.15 Å². The molecule has 1 aliphatic heterocycles. The molecule has 1 aliphatic carbocycles. The van der Waals surface area contributed by atoms with Crippen LogP contribution in [0.25, 0.3) is 0 Å². The molecule has 5 atom stereocenters. The van der Waals surface area contributed by atoms with Crippen molar-refractivity contribution in [2.45, 2.75) is 26.9 Å². The van der Waals surface area contributed by atoms with Crippen molar-refractivity contribution in [1.29, 1.82) is 0 Å². The predicted octanol–water partition coefficient (Wildman–Crippen LogP) is 3.82. The summed E-state index contributed by atoms with van der Waals surface area (Å²) in [6.45, 7) is 7.75. The largest absolute Gasteiger partial charge is 0.467 e. The summed E-state index contributed by atoms with van der Waals surface area (Å²) in [5, 5.41) is 0. The van der Waals surface area contributed by atoms with E-state index in [4.69, 9.17) is 9.15 Å². The number of rotatable bonds is 1. The zero-order valence-corrected chi connectivity index (χ0v) is 10.7. The summed E-state index contributed by atoms with van der Waals surface area (Å²) < 4.78 is 11.6. The van der Waals surface area contributed by atoms with E-state index in [-0.39, 0.29) is 6.10 Å². The second kappa shape index (κ2) is 4.02. The first kappa shape index (κ1) is 11.1. The maximum atomic E-state index is 6.07. The van der Waals surface area contributed by atoms with Crippen LogP contribution in [0.15, 0.2) is 34.5 Å². The average molecular weight is 232 g/mol. The van der Waals surface area contributed by atoms with E-state index >= 15 is 0 Å². The van der Waals surface area contributed by atoms with Gasteiger partial charge in [-0.15, -0.1) is 0 Å². The molecule has 3 rings (SSSR count). The SMILES string of the molecule is CC1=C[C@H](C)[C@H]2CO[C@H](c3ccco3)[C@H]1[C@H]2C. The number of furan rings is 1. The summed E-state index contributed by atoms with van der Waals surface area (Å²) in [4.78, 5) is 0. The van der Waals surface area contributed by atoms with Crippen molar-refractivity contribution >= 4 is 0 Å². The third kappa shape index (κ3) is 1.66. The van der Waals surface area contributed by atoms with Crippen LogP contribution in [0, 0.1) is 23.7 Å². The van der Waals surface area contributed by atoms with Crippen LogP contribution < -0.4 is 0 Å². The Morgan fingerprint density at radius 2 is 2.12 bits per heavy atom. The first-order valence-electron chi connectivity index (χ1n) is 6.52. The summed E-state index contributed by atoms with van der Waals surface area (Å²) in [5.41, 5.74) is 1.46. The van der Waals surface area contributed by atoms with E-state index < -0.39 is 0 Å². The van der Waals surface area contributed by atoms with E-state index in [2.05, 4.69) is 26.8 Å². The number of hydrogen-bond donors (Lipinski definition) is 0. The molecule has 0 N–H and O–H groups in total. The second-order valence-electron chi connectivity index (χ2n) is 5.59. The van der Waals surface area contributed by atoms with Crippen LogP contribution in [0.4, 0.5) is 0 Å². The topological polar surface area (TPSA) is 22.4 Å². The van der Waals surface area contributed by atoms with Gasteiger partial charge in [-0.2, -0.15) is 0 Å². The van der Waals surface area contributed by atoms with E-state index in [1.165, 1.54) is 5.57 Å². The molecule has 2 heterocycles. The number of hydrogen-bond acceptors (Lipinski definition) is 2. The van der Waals surface area contributed by atoms with Crippen LogP contribution in [-0.2, 0) is 4.74 Å². The number of ether oxygens (including phenoxy) is 1. The Kier molecular flexibility index (Phi) is 2.62. The summed E-state index contributed by atoms with van der Waals surface area (Å²) in [6.07, 6.45) is 4.27. The molecule has 0 amide bonds. The average Bonchev–Trinajstić information content (AvgIpc) is 2.78. The molecule has 2 bridgehead atoms. The number of allylic oxidation sites excluding steroid dienone is 1. The Labute approximate surface area is 103 Å². The van der Waals surface area contributed by atoms with Crippen LogP contribution >= 0.6 is 0 Å². The fourth-order valence-corrected chi connectivity index (χ4v) is 3.66. The molecule has 2 nitrogen and oxygen atoms in total. The van der Waals surface area contributed by atoms with Crippen LogP contribution in [-0.4, -0.2) is 6.61 Å². The Balaban J connectivity index is 1.97. The lowest BCUT2D eigenvalue weighted by atomic mass is 9.65. The summed E-state index contributed by atoms with van der Waals surface area (Å²) in [5.74, 6) is 3.44. The number of fused-ring (bicyclic) bond motifs is 2. The lowest BCUT2D eigenvalue weighted by molar-refractivity contribution is -0.101. The standard InChI is InChI=1S/C15H20O2/c1-9-7-10(2)14-11(3)12(9)8-17-15(14)13-5-4-6-16-13/h4-7,9,11-12,14-15H,8H2,1-3H3/t9-,11-,12+,14+,15+/m0/s1. The highest BCUT2D eigenvalue weighted by Crippen LogP contribution is 2.49. The second-order valence-corrected chi connectivity index (χ2v) is 5.59. The minimum atomic E-state index is 0.111. The molecule has 0 unspecified atom stereocenters. The normalized spacial score (nSPS) is 41.1. The summed E-state index contributed by atoms with van der Waals surface area (Å²) in [7, 11) is 0. The minimum absolute atomic E-state index is 0.111. The molecule has 1 fully saturated rings.